The van der Waals surface area contributed by atoms with Crippen LogP contribution in [-0.2, 0) is 16.0 Å². The molecule has 0 aliphatic carbocycles. The molecule has 6 heterocycles. The third kappa shape index (κ3) is 9.26. The van der Waals surface area contributed by atoms with Crippen LogP contribution in [0.1, 0.15) is 85.2 Å². The fourth-order valence-electron chi connectivity index (χ4n) is 9.50. The summed E-state index contributed by atoms with van der Waals surface area (Å²) in [4.78, 5) is 43.3. The third-order valence-corrected chi connectivity index (χ3v) is 12.9. The van der Waals surface area contributed by atoms with Crippen LogP contribution in [0.15, 0.2) is 36.4 Å². The molecular weight excluding hydrogens is 801 g/mol. The Kier molecular flexibility index (Phi) is 13.6. The number of fused-ring (bicyclic) bond motifs is 1. The van der Waals surface area contributed by atoms with Gasteiger partial charge in [-0.2, -0.15) is 0 Å². The van der Waals surface area contributed by atoms with Gasteiger partial charge in [-0.3, -0.25) is 19.8 Å². The Bertz CT molecular complexity index is 2060. The van der Waals surface area contributed by atoms with E-state index in [2.05, 4.69) is 30.7 Å². The van der Waals surface area contributed by atoms with E-state index >= 15 is 0 Å². The Morgan fingerprint density at radius 2 is 1.66 bits per heavy atom. The molecule has 5 unspecified atom stereocenters. The highest BCUT2D eigenvalue weighted by Crippen LogP contribution is 2.46. The zero-order valence-electron chi connectivity index (χ0n) is 35.4. The Morgan fingerprint density at radius 3 is 2.35 bits per heavy atom. The Hall–Kier alpha value is -4.86. The Morgan fingerprint density at radius 1 is 0.903 bits per heavy atom. The van der Waals surface area contributed by atoms with Crippen LogP contribution in [0.5, 0.6) is 11.5 Å². The minimum Gasteiger partial charge on any atom is -0.495 e. The SMILES string of the molecule is CCc1nc(C(N)=O)c(Nc2ccc(N3CCC(N4CCN(C(=O)COc5cccc6c5C(O)N(C5CCC(O)NC5O)C6O)CC4)CC3)c(OC)c2)nc1NC1CCOCC1. The van der Waals surface area contributed by atoms with E-state index in [9.17, 15) is 30.0 Å². The number of nitrogens with two attached hydrogens (primary N) is 1. The van der Waals surface area contributed by atoms with Crippen molar-refractivity contribution >= 4 is 34.8 Å². The van der Waals surface area contributed by atoms with Gasteiger partial charge < -0.3 is 60.8 Å². The normalized spacial score (nSPS) is 25.4. The molecule has 4 saturated heterocycles. The minimum absolute atomic E-state index is 0.0753. The summed E-state index contributed by atoms with van der Waals surface area (Å²) in [5.74, 6) is 1.07. The van der Waals surface area contributed by atoms with Crippen molar-refractivity contribution in [1.82, 2.24) is 30.0 Å². The first kappa shape index (κ1) is 43.8. The second-order valence-electron chi connectivity index (χ2n) is 16.6. The molecule has 9 N–H and O–H groups in total. The van der Waals surface area contributed by atoms with Crippen LogP contribution in [0.4, 0.5) is 23.0 Å². The summed E-state index contributed by atoms with van der Waals surface area (Å²) >= 11 is 0. The van der Waals surface area contributed by atoms with Gasteiger partial charge in [0.2, 0.25) is 0 Å². The molecule has 62 heavy (non-hydrogen) atoms. The number of nitrogens with one attached hydrogen (secondary N) is 3. The number of piperidine rings is 2. The van der Waals surface area contributed by atoms with Gasteiger partial charge in [0.05, 0.1) is 24.5 Å². The van der Waals surface area contributed by atoms with Crippen molar-refractivity contribution in [2.45, 2.75) is 94.9 Å². The zero-order chi connectivity index (χ0) is 43.5. The highest BCUT2D eigenvalue weighted by molar-refractivity contribution is 5.96. The van der Waals surface area contributed by atoms with E-state index in [1.165, 1.54) is 4.90 Å². The topological polar surface area (TPSA) is 244 Å². The van der Waals surface area contributed by atoms with E-state index in [-0.39, 0.29) is 30.1 Å². The average molecular weight is 861 g/mol. The molecule has 3 aromatic rings. The van der Waals surface area contributed by atoms with Gasteiger partial charge in [-0.15, -0.1) is 0 Å². The smallest absolute Gasteiger partial charge is 0.271 e. The van der Waals surface area contributed by atoms with Crippen molar-refractivity contribution in [3.05, 3.63) is 58.9 Å². The summed E-state index contributed by atoms with van der Waals surface area (Å²) in [5, 5.41) is 52.3. The number of ether oxygens (including phenoxy) is 3. The number of aryl methyl sites for hydroxylation is 1. The summed E-state index contributed by atoms with van der Waals surface area (Å²) < 4.78 is 17.4. The lowest BCUT2D eigenvalue weighted by atomic mass is 10.0. The fourth-order valence-corrected chi connectivity index (χ4v) is 9.50. The van der Waals surface area contributed by atoms with Gasteiger partial charge >= 0.3 is 0 Å². The molecule has 19 heteroatoms. The summed E-state index contributed by atoms with van der Waals surface area (Å²) in [7, 11) is 1.64. The molecule has 0 radical (unpaired) electrons. The molecule has 8 rings (SSSR count). The number of carbonyl (C=O) groups is 2. The third-order valence-electron chi connectivity index (χ3n) is 12.9. The lowest BCUT2D eigenvalue weighted by Crippen LogP contribution is -2.57. The van der Waals surface area contributed by atoms with Crippen molar-refractivity contribution in [1.29, 1.82) is 0 Å². The largest absolute Gasteiger partial charge is 0.495 e. The van der Waals surface area contributed by atoms with Crippen LogP contribution in [-0.4, -0.2) is 154 Å². The molecule has 5 atom stereocenters. The maximum absolute atomic E-state index is 13.4. The predicted octanol–water partition coefficient (Wildman–Crippen LogP) is 1.36. The molecule has 0 bridgehead atoms. The second kappa shape index (κ2) is 19.3. The molecular formula is C43H60N10O9. The molecule has 5 aliphatic heterocycles. The maximum atomic E-state index is 13.4. The number of amides is 2. The van der Waals surface area contributed by atoms with Gasteiger partial charge in [-0.1, -0.05) is 19.1 Å². The first-order chi connectivity index (χ1) is 30.0. The summed E-state index contributed by atoms with van der Waals surface area (Å²) in [6.07, 6.45) is 0.446. The van der Waals surface area contributed by atoms with Gasteiger partial charge in [0.25, 0.3) is 11.8 Å². The van der Waals surface area contributed by atoms with Crippen molar-refractivity contribution < 1.29 is 44.2 Å². The van der Waals surface area contributed by atoms with Gasteiger partial charge in [0, 0.05) is 87.4 Å². The molecule has 4 fully saturated rings. The fraction of sp³-hybridized carbons (Fsp3) is 0.581. The van der Waals surface area contributed by atoms with E-state index in [0.717, 1.165) is 57.5 Å². The molecule has 1 aromatic heterocycles. The highest BCUT2D eigenvalue weighted by Gasteiger charge is 2.46. The quantitative estimate of drug-likeness (QED) is 0.121. The van der Waals surface area contributed by atoms with Crippen LogP contribution in [0.3, 0.4) is 0 Å². The molecule has 2 aromatic carbocycles. The number of methoxy groups -OCH3 is 1. The lowest BCUT2D eigenvalue weighted by molar-refractivity contribution is -0.159. The Balaban J connectivity index is 0.832. The first-order valence-corrected chi connectivity index (χ1v) is 21.8. The monoisotopic (exact) mass is 860 g/mol. The van der Waals surface area contributed by atoms with Crippen molar-refractivity contribution in [2.75, 3.05) is 81.7 Å². The number of aliphatic hydroxyl groups excluding tert-OH is 4. The van der Waals surface area contributed by atoms with Crippen molar-refractivity contribution in [2.24, 2.45) is 5.73 Å². The maximum Gasteiger partial charge on any atom is 0.271 e. The zero-order valence-corrected chi connectivity index (χ0v) is 35.4. The number of aliphatic hydroxyl groups is 4. The summed E-state index contributed by atoms with van der Waals surface area (Å²) in [6, 6.07) is 10.8. The summed E-state index contributed by atoms with van der Waals surface area (Å²) in [5.41, 5.74) is 8.99. The summed E-state index contributed by atoms with van der Waals surface area (Å²) in [6.45, 7) is 7.40. The number of benzene rings is 2. The number of piperazine rings is 1. The van der Waals surface area contributed by atoms with E-state index < -0.39 is 36.9 Å². The number of hydrogen-bond acceptors (Lipinski definition) is 17. The van der Waals surface area contributed by atoms with Crippen molar-refractivity contribution in [3.8, 4) is 11.5 Å². The number of aromatic nitrogens is 2. The number of primary amides is 1. The van der Waals surface area contributed by atoms with Crippen LogP contribution in [0.2, 0.25) is 0 Å². The number of hydrogen-bond donors (Lipinski definition) is 8. The van der Waals surface area contributed by atoms with Gasteiger partial charge in [-0.25, -0.2) is 14.9 Å². The minimum atomic E-state index is -1.27. The molecule has 2 amide bonds. The molecule has 0 saturated carbocycles. The van der Waals surface area contributed by atoms with Gasteiger partial charge in [0.15, 0.2) is 23.9 Å². The van der Waals surface area contributed by atoms with E-state index in [1.54, 1.807) is 25.3 Å². The first-order valence-electron chi connectivity index (χ1n) is 21.8. The standard InChI is InChI=1S/C43H60N10O9/c1-3-29-39(45-25-13-21-61-22-14-25)49-40(37(47-29)38(44)56)46-26-7-8-30(33(23-26)60-2)51-15-11-27(12-16-51)50-17-19-52(20-18-50)35(55)24-62-32-6-4-5-28-36(32)43(59)53(42(28)58)31-9-10-34(54)48-41(31)57/h4-8,23,25,27,31,34,41-43,48,54,57-59H,3,9-22,24H2,1-2H3,(H2,44,56)(H2,45,46,49). The van der Waals surface area contributed by atoms with Crippen LogP contribution in [0, 0.1) is 0 Å². The molecule has 5 aliphatic rings. The molecule has 0 spiro atoms. The lowest BCUT2D eigenvalue weighted by Gasteiger charge is -2.43. The van der Waals surface area contributed by atoms with Gasteiger partial charge in [0.1, 0.15) is 36.4 Å². The van der Waals surface area contributed by atoms with Crippen molar-refractivity contribution in [3.63, 3.8) is 0 Å². The number of nitrogens with zero attached hydrogens (tertiary/aromatic N) is 6. The molecule has 336 valence electrons. The number of anilines is 4. The van der Waals surface area contributed by atoms with E-state index in [0.29, 0.717) is 91.4 Å². The average Bonchev–Trinajstić information content (AvgIpc) is 3.54. The highest BCUT2D eigenvalue weighted by atomic mass is 16.5. The predicted molar refractivity (Wildman–Crippen MR) is 229 cm³/mol. The van der Waals surface area contributed by atoms with Crippen LogP contribution < -0.4 is 36.1 Å². The van der Waals surface area contributed by atoms with Crippen LogP contribution in [0.25, 0.3) is 0 Å². The van der Waals surface area contributed by atoms with Gasteiger partial charge in [-0.05, 0) is 63.1 Å². The van der Waals surface area contributed by atoms with Crippen LogP contribution >= 0.6 is 0 Å². The molecule has 19 nitrogen and oxygen atoms in total. The second-order valence-corrected chi connectivity index (χ2v) is 16.6. The number of rotatable bonds is 13. The van der Waals surface area contributed by atoms with E-state index in [4.69, 9.17) is 24.9 Å². The van der Waals surface area contributed by atoms with E-state index in [1.807, 2.05) is 30.0 Å². The number of carbonyl (C=O) groups excluding carboxylic acids is 2. The Labute approximate surface area is 361 Å².